The molecule has 4 nitrogen and oxygen atoms in total. The molecule has 4 heteroatoms. The minimum Gasteiger partial charge on any atom is -0.464 e. The van der Waals surface area contributed by atoms with Crippen LogP contribution in [0.15, 0.2) is 0 Å². The Hall–Kier alpha value is -1.08. The summed E-state index contributed by atoms with van der Waals surface area (Å²) in [6.07, 6.45) is 1.78. The van der Waals surface area contributed by atoms with Crippen molar-refractivity contribution < 1.29 is 14.6 Å². The Labute approximate surface area is 96.2 Å². The van der Waals surface area contributed by atoms with E-state index < -0.39 is 17.5 Å². The SMILES string of the molecule is CCOC(=O)C(O)C1(C#N)CCCC(C)C1. The lowest BCUT2D eigenvalue weighted by atomic mass is 9.68. The van der Waals surface area contributed by atoms with Gasteiger partial charge in [0.1, 0.15) is 0 Å². The first-order valence-electron chi connectivity index (χ1n) is 5.81. The van der Waals surface area contributed by atoms with Crippen LogP contribution in [0.4, 0.5) is 0 Å². The molecule has 1 aliphatic rings. The highest BCUT2D eigenvalue weighted by Gasteiger charge is 2.45. The van der Waals surface area contributed by atoms with Crippen molar-refractivity contribution in [3.8, 4) is 6.07 Å². The first-order valence-corrected chi connectivity index (χ1v) is 5.81. The van der Waals surface area contributed by atoms with Crippen molar-refractivity contribution in [3.05, 3.63) is 0 Å². The van der Waals surface area contributed by atoms with Crippen LogP contribution in [0.3, 0.4) is 0 Å². The molecule has 1 rings (SSSR count). The van der Waals surface area contributed by atoms with E-state index in [1.165, 1.54) is 0 Å². The second-order valence-electron chi connectivity index (χ2n) is 4.62. The smallest absolute Gasteiger partial charge is 0.336 e. The number of hydrogen-bond acceptors (Lipinski definition) is 4. The number of nitriles is 1. The Morgan fingerprint density at radius 2 is 2.44 bits per heavy atom. The van der Waals surface area contributed by atoms with Crippen molar-refractivity contribution in [2.24, 2.45) is 11.3 Å². The standard InChI is InChI=1S/C12H19NO3/c1-3-16-11(15)10(14)12(8-13)6-4-5-9(2)7-12/h9-10,14H,3-7H2,1-2H3. The molecule has 1 fully saturated rings. The van der Waals surface area contributed by atoms with Crippen molar-refractivity contribution >= 4 is 5.97 Å². The Bertz CT molecular complexity index is 297. The lowest BCUT2D eigenvalue weighted by Gasteiger charge is -2.36. The zero-order valence-corrected chi connectivity index (χ0v) is 9.90. The van der Waals surface area contributed by atoms with Crippen LogP contribution >= 0.6 is 0 Å². The highest BCUT2D eigenvalue weighted by Crippen LogP contribution is 2.41. The van der Waals surface area contributed by atoms with Gasteiger partial charge in [0.15, 0.2) is 6.10 Å². The molecule has 1 aliphatic carbocycles. The minimum absolute atomic E-state index is 0.229. The third-order valence-corrected chi connectivity index (χ3v) is 3.29. The van der Waals surface area contributed by atoms with Gasteiger partial charge in [-0.1, -0.05) is 19.8 Å². The molecule has 0 aromatic heterocycles. The molecule has 1 saturated carbocycles. The van der Waals surface area contributed by atoms with Gasteiger partial charge in [-0.25, -0.2) is 4.79 Å². The molecule has 0 heterocycles. The summed E-state index contributed by atoms with van der Waals surface area (Å²) in [4.78, 5) is 11.5. The maximum Gasteiger partial charge on any atom is 0.336 e. The molecule has 0 bridgehead atoms. The van der Waals surface area contributed by atoms with E-state index in [4.69, 9.17) is 4.74 Å². The number of carbonyl (C=O) groups excluding carboxylic acids is 1. The zero-order valence-electron chi connectivity index (χ0n) is 9.90. The number of carbonyl (C=O) groups is 1. The summed E-state index contributed by atoms with van der Waals surface area (Å²) >= 11 is 0. The van der Waals surface area contributed by atoms with Crippen molar-refractivity contribution in [3.63, 3.8) is 0 Å². The minimum atomic E-state index is -1.31. The highest BCUT2D eigenvalue weighted by molar-refractivity contribution is 5.76. The van der Waals surface area contributed by atoms with E-state index in [-0.39, 0.29) is 6.61 Å². The van der Waals surface area contributed by atoms with E-state index in [0.717, 1.165) is 12.8 Å². The summed E-state index contributed by atoms with van der Waals surface area (Å²) in [5, 5.41) is 19.2. The summed E-state index contributed by atoms with van der Waals surface area (Å²) in [6.45, 7) is 3.96. The number of rotatable bonds is 3. The monoisotopic (exact) mass is 225 g/mol. The highest BCUT2D eigenvalue weighted by atomic mass is 16.5. The molecule has 3 unspecified atom stereocenters. The molecule has 90 valence electrons. The fourth-order valence-electron chi connectivity index (χ4n) is 2.45. The number of nitrogens with zero attached hydrogens (tertiary/aromatic N) is 1. The topological polar surface area (TPSA) is 70.3 Å². The number of esters is 1. The van der Waals surface area contributed by atoms with Gasteiger partial charge in [-0.15, -0.1) is 0 Å². The van der Waals surface area contributed by atoms with Gasteiger partial charge in [0.2, 0.25) is 0 Å². The molecule has 0 aliphatic heterocycles. The van der Waals surface area contributed by atoms with Crippen LogP contribution in [0.1, 0.15) is 39.5 Å². The van der Waals surface area contributed by atoms with E-state index >= 15 is 0 Å². The normalized spacial score (nSPS) is 31.5. The molecule has 0 spiro atoms. The Kier molecular flexibility index (Phi) is 4.31. The third kappa shape index (κ3) is 2.53. The second-order valence-corrected chi connectivity index (χ2v) is 4.62. The van der Waals surface area contributed by atoms with Crippen LogP contribution in [0.2, 0.25) is 0 Å². The first kappa shape index (κ1) is 13.0. The summed E-state index contributed by atoms with van der Waals surface area (Å²) in [5.74, 6) is -0.296. The van der Waals surface area contributed by atoms with Crippen molar-refractivity contribution in [2.75, 3.05) is 6.61 Å². The van der Waals surface area contributed by atoms with E-state index in [1.54, 1.807) is 6.92 Å². The van der Waals surface area contributed by atoms with E-state index in [2.05, 4.69) is 6.07 Å². The third-order valence-electron chi connectivity index (χ3n) is 3.29. The maximum atomic E-state index is 11.5. The Balaban J connectivity index is 2.79. The summed E-state index contributed by atoms with van der Waals surface area (Å²) in [6, 6.07) is 2.14. The molecule has 0 amide bonds. The number of hydrogen-bond donors (Lipinski definition) is 1. The largest absolute Gasteiger partial charge is 0.464 e. The van der Waals surface area contributed by atoms with Crippen LogP contribution in [-0.4, -0.2) is 23.8 Å². The predicted octanol–water partition coefficient (Wildman–Crippen LogP) is 1.63. The Morgan fingerprint density at radius 3 is 2.94 bits per heavy atom. The van der Waals surface area contributed by atoms with E-state index in [0.29, 0.717) is 18.8 Å². The van der Waals surface area contributed by atoms with Crippen LogP contribution in [0.25, 0.3) is 0 Å². The Morgan fingerprint density at radius 1 is 1.75 bits per heavy atom. The average Bonchev–Trinajstić information content (AvgIpc) is 2.28. The van der Waals surface area contributed by atoms with Crippen LogP contribution in [0, 0.1) is 22.7 Å². The molecule has 0 saturated heterocycles. The van der Waals surface area contributed by atoms with Gasteiger partial charge < -0.3 is 9.84 Å². The quantitative estimate of drug-likeness (QED) is 0.741. The van der Waals surface area contributed by atoms with Gasteiger partial charge in [0.25, 0.3) is 0 Å². The fraction of sp³-hybridized carbons (Fsp3) is 0.833. The van der Waals surface area contributed by atoms with Gasteiger partial charge in [-0.2, -0.15) is 5.26 Å². The zero-order chi connectivity index (χ0) is 12.2. The van der Waals surface area contributed by atoms with Gasteiger partial charge >= 0.3 is 5.97 Å². The predicted molar refractivity (Wildman–Crippen MR) is 58.3 cm³/mol. The summed E-state index contributed by atoms with van der Waals surface area (Å²) in [5.41, 5.74) is -0.941. The first-order chi connectivity index (χ1) is 7.55. The van der Waals surface area contributed by atoms with Crippen LogP contribution < -0.4 is 0 Å². The average molecular weight is 225 g/mol. The number of ether oxygens (including phenoxy) is 1. The fourth-order valence-corrected chi connectivity index (χ4v) is 2.45. The molecule has 0 aromatic carbocycles. The number of aliphatic hydroxyl groups is 1. The summed E-state index contributed by atoms with van der Waals surface area (Å²) < 4.78 is 4.78. The van der Waals surface area contributed by atoms with Crippen molar-refractivity contribution in [2.45, 2.75) is 45.6 Å². The molecule has 0 aromatic rings. The second kappa shape index (κ2) is 5.31. The van der Waals surface area contributed by atoms with Gasteiger partial charge in [0.05, 0.1) is 18.1 Å². The number of aliphatic hydroxyl groups excluding tert-OH is 1. The van der Waals surface area contributed by atoms with E-state index in [1.807, 2.05) is 6.92 Å². The van der Waals surface area contributed by atoms with Crippen molar-refractivity contribution in [1.29, 1.82) is 5.26 Å². The van der Waals surface area contributed by atoms with Crippen LogP contribution in [0.5, 0.6) is 0 Å². The van der Waals surface area contributed by atoms with E-state index in [9.17, 15) is 15.2 Å². The molecule has 3 atom stereocenters. The summed E-state index contributed by atoms with van der Waals surface area (Å²) in [7, 11) is 0. The maximum absolute atomic E-state index is 11.5. The van der Waals surface area contributed by atoms with Crippen LogP contribution in [-0.2, 0) is 9.53 Å². The van der Waals surface area contributed by atoms with Gasteiger partial charge in [0, 0.05) is 0 Å². The van der Waals surface area contributed by atoms with Crippen molar-refractivity contribution in [1.82, 2.24) is 0 Å². The lowest BCUT2D eigenvalue weighted by molar-refractivity contribution is -0.160. The molecule has 16 heavy (non-hydrogen) atoms. The van der Waals surface area contributed by atoms with Gasteiger partial charge in [-0.3, -0.25) is 0 Å². The molecule has 0 radical (unpaired) electrons. The molecular weight excluding hydrogens is 206 g/mol. The van der Waals surface area contributed by atoms with Gasteiger partial charge in [-0.05, 0) is 25.7 Å². The molecular formula is C12H19NO3. The lowest BCUT2D eigenvalue weighted by Crippen LogP contribution is -2.43. The molecule has 1 N–H and O–H groups in total.